The Kier molecular flexibility index (Phi) is 3.62. The highest BCUT2D eigenvalue weighted by molar-refractivity contribution is 6.33. The van der Waals surface area contributed by atoms with Crippen LogP contribution in [0.3, 0.4) is 0 Å². The van der Waals surface area contributed by atoms with Crippen LogP contribution in [0, 0.1) is 6.92 Å². The molecule has 0 spiro atoms. The first-order valence-corrected chi connectivity index (χ1v) is 6.99. The predicted molar refractivity (Wildman–Crippen MR) is 85.8 cm³/mol. The van der Waals surface area contributed by atoms with Crippen LogP contribution < -0.4 is 10.7 Å². The highest BCUT2D eigenvalue weighted by atomic mass is 35.5. The summed E-state index contributed by atoms with van der Waals surface area (Å²) in [5, 5.41) is 9.14. The van der Waals surface area contributed by atoms with Gasteiger partial charge in [0.15, 0.2) is 0 Å². The minimum absolute atomic E-state index is 0.0449. The fraction of sp³-hybridized carbons (Fsp3) is 0.125. The van der Waals surface area contributed by atoms with E-state index in [1.165, 1.54) is 0 Å². The summed E-state index contributed by atoms with van der Waals surface area (Å²) in [6, 6.07) is 14.5. The summed E-state index contributed by atoms with van der Waals surface area (Å²) in [5.41, 5.74) is 2.20. The second-order valence-corrected chi connectivity index (χ2v) is 5.15. The maximum Gasteiger partial charge on any atom is 0.204 e. The molecule has 0 saturated carbocycles. The SMILES string of the molecule is Cc1nn(CNc2ccccc2Cl)c2c(=O)ccccc12. The van der Waals surface area contributed by atoms with Gasteiger partial charge < -0.3 is 5.32 Å². The zero-order valence-corrected chi connectivity index (χ0v) is 12.3. The molecule has 0 aliphatic rings. The topological polar surface area (TPSA) is 46.9 Å². The first-order valence-electron chi connectivity index (χ1n) is 6.61. The van der Waals surface area contributed by atoms with Gasteiger partial charge in [0.2, 0.25) is 5.43 Å². The molecular formula is C16H14ClN3O. The molecule has 0 saturated heterocycles. The number of anilines is 1. The number of hydrogen-bond donors (Lipinski definition) is 1. The van der Waals surface area contributed by atoms with E-state index in [9.17, 15) is 4.79 Å². The molecular weight excluding hydrogens is 286 g/mol. The lowest BCUT2D eigenvalue weighted by Crippen LogP contribution is -2.13. The van der Waals surface area contributed by atoms with Crippen molar-refractivity contribution in [3.05, 3.63) is 69.5 Å². The Morgan fingerprint density at radius 3 is 2.67 bits per heavy atom. The Balaban J connectivity index is 2.01. The number of para-hydroxylation sites is 1. The Hall–Kier alpha value is -2.33. The number of nitrogens with one attached hydrogen (secondary N) is 1. The average molecular weight is 300 g/mol. The summed E-state index contributed by atoms with van der Waals surface area (Å²) < 4.78 is 1.68. The summed E-state index contributed by atoms with van der Waals surface area (Å²) in [5.74, 6) is 0. The highest BCUT2D eigenvalue weighted by Crippen LogP contribution is 2.21. The van der Waals surface area contributed by atoms with E-state index in [0.29, 0.717) is 17.2 Å². The number of aromatic nitrogens is 2. The van der Waals surface area contributed by atoms with E-state index in [1.54, 1.807) is 16.8 Å². The normalized spacial score (nSPS) is 10.8. The minimum Gasteiger partial charge on any atom is -0.365 e. The monoisotopic (exact) mass is 299 g/mol. The van der Waals surface area contributed by atoms with Gasteiger partial charge in [0.25, 0.3) is 0 Å². The first kappa shape index (κ1) is 13.6. The van der Waals surface area contributed by atoms with Crippen LogP contribution >= 0.6 is 11.6 Å². The van der Waals surface area contributed by atoms with E-state index in [0.717, 1.165) is 16.8 Å². The molecule has 0 bridgehead atoms. The number of fused-ring (bicyclic) bond motifs is 1. The van der Waals surface area contributed by atoms with Crippen LogP contribution in [0.5, 0.6) is 0 Å². The number of aryl methyl sites for hydroxylation is 1. The van der Waals surface area contributed by atoms with Crippen LogP contribution in [0.25, 0.3) is 10.9 Å². The van der Waals surface area contributed by atoms with Crippen molar-refractivity contribution in [2.24, 2.45) is 0 Å². The Bertz CT molecular complexity index is 858. The Morgan fingerprint density at radius 1 is 1.14 bits per heavy atom. The summed E-state index contributed by atoms with van der Waals surface area (Å²) in [6.45, 7) is 2.28. The van der Waals surface area contributed by atoms with Crippen molar-refractivity contribution >= 4 is 28.2 Å². The highest BCUT2D eigenvalue weighted by Gasteiger charge is 2.09. The van der Waals surface area contributed by atoms with Crippen molar-refractivity contribution in [2.75, 3.05) is 5.32 Å². The second-order valence-electron chi connectivity index (χ2n) is 4.74. The molecule has 4 nitrogen and oxygen atoms in total. The maximum absolute atomic E-state index is 12.2. The molecule has 21 heavy (non-hydrogen) atoms. The molecule has 1 heterocycles. The van der Waals surface area contributed by atoms with Crippen molar-refractivity contribution in [2.45, 2.75) is 13.6 Å². The van der Waals surface area contributed by atoms with Gasteiger partial charge in [0.1, 0.15) is 12.2 Å². The second kappa shape index (κ2) is 5.58. The molecule has 3 rings (SSSR count). The van der Waals surface area contributed by atoms with Gasteiger partial charge in [-0.25, -0.2) is 4.68 Å². The van der Waals surface area contributed by atoms with E-state index >= 15 is 0 Å². The molecule has 3 aromatic rings. The van der Waals surface area contributed by atoms with E-state index in [4.69, 9.17) is 11.6 Å². The molecule has 0 aliphatic carbocycles. The van der Waals surface area contributed by atoms with Crippen molar-refractivity contribution < 1.29 is 0 Å². The lowest BCUT2D eigenvalue weighted by atomic mass is 10.3. The van der Waals surface area contributed by atoms with Gasteiger partial charge in [-0.05, 0) is 25.1 Å². The summed E-state index contributed by atoms with van der Waals surface area (Å²) in [4.78, 5) is 12.2. The van der Waals surface area contributed by atoms with Crippen LogP contribution in [0.15, 0.2) is 53.3 Å². The van der Waals surface area contributed by atoms with Crippen LogP contribution in [0.2, 0.25) is 5.02 Å². The third-order valence-corrected chi connectivity index (χ3v) is 3.65. The van der Waals surface area contributed by atoms with Crippen LogP contribution in [0.1, 0.15) is 5.69 Å². The molecule has 1 aromatic heterocycles. The lowest BCUT2D eigenvalue weighted by Gasteiger charge is -2.08. The molecule has 0 amide bonds. The van der Waals surface area contributed by atoms with Crippen molar-refractivity contribution in [1.29, 1.82) is 0 Å². The van der Waals surface area contributed by atoms with Crippen molar-refractivity contribution in [3.63, 3.8) is 0 Å². The number of nitrogens with zero attached hydrogens (tertiary/aromatic N) is 2. The van der Waals surface area contributed by atoms with Gasteiger partial charge in [0.05, 0.1) is 16.4 Å². The van der Waals surface area contributed by atoms with Gasteiger partial charge in [0, 0.05) is 5.39 Å². The number of halogens is 1. The number of benzene rings is 1. The molecule has 5 heteroatoms. The zero-order chi connectivity index (χ0) is 14.8. The standard InChI is InChI=1S/C16H14ClN3O/c1-11-12-6-2-5-9-15(21)16(12)20(19-11)10-18-14-8-4-3-7-13(14)17/h2-9,18H,10H2,1H3. The molecule has 106 valence electrons. The van der Waals surface area contributed by atoms with Gasteiger partial charge in [-0.2, -0.15) is 5.10 Å². The Morgan fingerprint density at radius 2 is 1.86 bits per heavy atom. The van der Waals surface area contributed by atoms with Gasteiger partial charge in [-0.15, -0.1) is 0 Å². The van der Waals surface area contributed by atoms with E-state index in [2.05, 4.69) is 10.4 Å². The zero-order valence-electron chi connectivity index (χ0n) is 11.5. The summed E-state index contributed by atoms with van der Waals surface area (Å²) in [7, 11) is 0. The molecule has 0 radical (unpaired) electrons. The lowest BCUT2D eigenvalue weighted by molar-refractivity contribution is 0.685. The Labute approximate surface area is 127 Å². The number of rotatable bonds is 3. The quantitative estimate of drug-likeness (QED) is 0.806. The third kappa shape index (κ3) is 2.62. The van der Waals surface area contributed by atoms with Crippen LogP contribution in [-0.2, 0) is 6.67 Å². The minimum atomic E-state index is -0.0449. The molecule has 0 aliphatic heterocycles. The van der Waals surface area contributed by atoms with E-state index in [1.807, 2.05) is 43.3 Å². The fourth-order valence-corrected chi connectivity index (χ4v) is 2.51. The molecule has 0 fully saturated rings. The molecule has 1 N–H and O–H groups in total. The predicted octanol–water partition coefficient (Wildman–Crippen LogP) is 3.43. The largest absolute Gasteiger partial charge is 0.365 e. The van der Waals surface area contributed by atoms with Crippen LogP contribution in [0.4, 0.5) is 5.69 Å². The van der Waals surface area contributed by atoms with E-state index < -0.39 is 0 Å². The van der Waals surface area contributed by atoms with Crippen molar-refractivity contribution in [3.8, 4) is 0 Å². The number of hydrogen-bond acceptors (Lipinski definition) is 3. The molecule has 0 atom stereocenters. The summed E-state index contributed by atoms with van der Waals surface area (Å²) in [6.07, 6.45) is 0. The van der Waals surface area contributed by atoms with Crippen LogP contribution in [-0.4, -0.2) is 9.78 Å². The van der Waals surface area contributed by atoms with Crippen molar-refractivity contribution in [1.82, 2.24) is 9.78 Å². The smallest absolute Gasteiger partial charge is 0.204 e. The maximum atomic E-state index is 12.2. The molecule has 2 aromatic carbocycles. The fourth-order valence-electron chi connectivity index (χ4n) is 2.31. The summed E-state index contributed by atoms with van der Waals surface area (Å²) >= 11 is 6.11. The third-order valence-electron chi connectivity index (χ3n) is 3.32. The van der Waals surface area contributed by atoms with E-state index in [-0.39, 0.29) is 5.43 Å². The first-order chi connectivity index (χ1) is 10.2. The van der Waals surface area contributed by atoms with Gasteiger partial charge >= 0.3 is 0 Å². The average Bonchev–Trinajstić information content (AvgIpc) is 2.65. The van der Waals surface area contributed by atoms with Gasteiger partial charge in [-0.1, -0.05) is 41.9 Å². The molecule has 0 unspecified atom stereocenters. The van der Waals surface area contributed by atoms with Gasteiger partial charge in [-0.3, -0.25) is 4.79 Å².